The summed E-state index contributed by atoms with van der Waals surface area (Å²) in [6.07, 6.45) is 8.47. The van der Waals surface area contributed by atoms with E-state index in [1.54, 1.807) is 0 Å². The minimum absolute atomic E-state index is 0.224. The van der Waals surface area contributed by atoms with Crippen molar-refractivity contribution in [2.24, 2.45) is 11.8 Å². The number of hydrogen-bond acceptors (Lipinski definition) is 2. The molecule has 0 spiro atoms. The molecule has 1 fully saturated rings. The van der Waals surface area contributed by atoms with Gasteiger partial charge >= 0.3 is 0 Å². The quantitative estimate of drug-likeness (QED) is 0.657. The zero-order valence-electron chi connectivity index (χ0n) is 13.8. The lowest BCUT2D eigenvalue weighted by atomic mass is 9.94. The predicted molar refractivity (Wildman–Crippen MR) is 85.8 cm³/mol. The van der Waals surface area contributed by atoms with E-state index in [0.29, 0.717) is 18.3 Å². The number of piperidine rings is 1. The van der Waals surface area contributed by atoms with Crippen LogP contribution in [-0.2, 0) is 4.79 Å². The smallest absolute Gasteiger partial charge is 0.220 e. The van der Waals surface area contributed by atoms with Gasteiger partial charge in [-0.05, 0) is 57.2 Å². The average molecular weight is 282 g/mol. The Kier molecular flexibility index (Phi) is 8.92. The monoisotopic (exact) mass is 282 g/mol. The maximum atomic E-state index is 11.7. The Bertz CT molecular complexity index is 260. The van der Waals surface area contributed by atoms with Crippen LogP contribution in [0.3, 0.4) is 0 Å². The third kappa shape index (κ3) is 7.88. The van der Waals surface area contributed by atoms with E-state index in [-0.39, 0.29) is 5.91 Å². The minimum atomic E-state index is 0.224. The van der Waals surface area contributed by atoms with E-state index in [9.17, 15) is 4.79 Å². The second-order valence-electron chi connectivity index (χ2n) is 6.74. The molecule has 20 heavy (non-hydrogen) atoms. The number of nitrogens with one attached hydrogen (secondary N) is 1. The molecule has 0 aromatic rings. The molecule has 0 aromatic carbocycles. The van der Waals surface area contributed by atoms with Crippen LogP contribution in [0.15, 0.2) is 0 Å². The number of carbonyl (C=O) groups excluding carboxylic acids is 1. The van der Waals surface area contributed by atoms with Gasteiger partial charge in [-0.2, -0.15) is 0 Å². The molecule has 0 aromatic heterocycles. The van der Waals surface area contributed by atoms with Crippen molar-refractivity contribution >= 4 is 5.91 Å². The Morgan fingerprint density at radius 3 is 2.40 bits per heavy atom. The van der Waals surface area contributed by atoms with Crippen LogP contribution in [0, 0.1) is 11.8 Å². The van der Waals surface area contributed by atoms with E-state index < -0.39 is 0 Å². The van der Waals surface area contributed by atoms with Gasteiger partial charge in [-0.25, -0.2) is 0 Å². The van der Waals surface area contributed by atoms with Gasteiger partial charge in [0.05, 0.1) is 0 Å². The van der Waals surface area contributed by atoms with Gasteiger partial charge in [0.15, 0.2) is 0 Å². The van der Waals surface area contributed by atoms with Crippen molar-refractivity contribution in [1.82, 2.24) is 10.2 Å². The number of rotatable bonds is 9. The third-order valence-corrected chi connectivity index (χ3v) is 4.57. The highest BCUT2D eigenvalue weighted by atomic mass is 16.1. The number of unbranched alkanes of at least 4 members (excludes halogenated alkanes) is 2. The Hall–Kier alpha value is -0.570. The van der Waals surface area contributed by atoms with Crippen LogP contribution in [0.25, 0.3) is 0 Å². The molecule has 118 valence electrons. The fourth-order valence-electron chi connectivity index (χ4n) is 2.65. The highest BCUT2D eigenvalue weighted by Gasteiger charge is 2.12. The first-order valence-corrected chi connectivity index (χ1v) is 8.58. The zero-order chi connectivity index (χ0) is 14.8. The van der Waals surface area contributed by atoms with Crippen LogP contribution in [0.5, 0.6) is 0 Å². The number of amides is 1. The lowest BCUT2D eigenvalue weighted by Gasteiger charge is -2.26. The number of hydrogen-bond donors (Lipinski definition) is 1. The number of carbonyl (C=O) groups is 1. The van der Waals surface area contributed by atoms with Crippen LogP contribution in [0.1, 0.15) is 65.7 Å². The lowest BCUT2D eigenvalue weighted by Crippen LogP contribution is -2.30. The summed E-state index contributed by atoms with van der Waals surface area (Å²) in [5.74, 6) is 1.29. The molecule has 3 heteroatoms. The van der Waals surface area contributed by atoms with Gasteiger partial charge < -0.3 is 10.2 Å². The summed E-state index contributed by atoms with van der Waals surface area (Å²) in [4.78, 5) is 14.3. The zero-order valence-corrected chi connectivity index (χ0v) is 13.8. The van der Waals surface area contributed by atoms with E-state index in [1.807, 2.05) is 0 Å². The minimum Gasteiger partial charge on any atom is -0.356 e. The molecule has 1 aliphatic heterocycles. The van der Waals surface area contributed by atoms with Crippen LogP contribution in [0.2, 0.25) is 0 Å². The molecule has 1 aliphatic rings. The first-order valence-electron chi connectivity index (χ1n) is 8.58. The molecule has 0 radical (unpaired) electrons. The fraction of sp³-hybridized carbons (Fsp3) is 0.941. The Labute approximate surface area is 125 Å². The van der Waals surface area contributed by atoms with Gasteiger partial charge in [0.2, 0.25) is 5.91 Å². The maximum Gasteiger partial charge on any atom is 0.220 e. The van der Waals surface area contributed by atoms with Gasteiger partial charge in [-0.1, -0.05) is 33.6 Å². The van der Waals surface area contributed by atoms with Gasteiger partial charge in [0.25, 0.3) is 0 Å². The second kappa shape index (κ2) is 10.2. The normalized spacial score (nSPS) is 18.2. The first kappa shape index (κ1) is 17.5. The fourth-order valence-corrected chi connectivity index (χ4v) is 2.65. The van der Waals surface area contributed by atoms with Crippen molar-refractivity contribution < 1.29 is 4.79 Å². The molecule has 0 saturated carbocycles. The summed E-state index contributed by atoms with van der Waals surface area (Å²) in [5, 5.41) is 3.05. The van der Waals surface area contributed by atoms with E-state index >= 15 is 0 Å². The molecule has 3 nitrogen and oxygen atoms in total. The second-order valence-corrected chi connectivity index (χ2v) is 6.74. The van der Waals surface area contributed by atoms with Crippen molar-refractivity contribution in [3.63, 3.8) is 0 Å². The van der Waals surface area contributed by atoms with E-state index in [1.165, 1.54) is 51.7 Å². The van der Waals surface area contributed by atoms with Gasteiger partial charge in [0, 0.05) is 13.0 Å². The standard InChI is InChI=1S/C17H34N2O/c1-15(2)16(3)14-17(20)18-10-6-4-7-11-19-12-8-5-9-13-19/h15-16H,4-14H2,1-3H3,(H,18,20). The van der Waals surface area contributed by atoms with Crippen molar-refractivity contribution in [3.05, 3.63) is 0 Å². The summed E-state index contributed by atoms with van der Waals surface area (Å²) >= 11 is 0. The molecule has 0 aliphatic carbocycles. The van der Waals surface area contributed by atoms with Crippen molar-refractivity contribution in [2.75, 3.05) is 26.2 Å². The van der Waals surface area contributed by atoms with E-state index in [2.05, 4.69) is 31.0 Å². The first-order chi connectivity index (χ1) is 9.59. The van der Waals surface area contributed by atoms with Crippen LogP contribution in [-0.4, -0.2) is 37.0 Å². The largest absolute Gasteiger partial charge is 0.356 e. The van der Waals surface area contributed by atoms with Crippen LogP contribution < -0.4 is 5.32 Å². The summed E-state index contributed by atoms with van der Waals surface area (Å²) in [6.45, 7) is 11.2. The van der Waals surface area contributed by atoms with Crippen molar-refractivity contribution in [3.8, 4) is 0 Å². The maximum absolute atomic E-state index is 11.7. The number of likely N-dealkylation sites (tertiary alicyclic amines) is 1. The molecule has 1 N–H and O–H groups in total. The molecule has 0 bridgehead atoms. The molecule has 1 amide bonds. The van der Waals surface area contributed by atoms with Crippen molar-refractivity contribution in [1.29, 1.82) is 0 Å². The Balaban J connectivity index is 1.92. The SMILES string of the molecule is CC(C)C(C)CC(=O)NCCCCCN1CCCCC1. The Morgan fingerprint density at radius 2 is 1.75 bits per heavy atom. The summed E-state index contributed by atoms with van der Waals surface area (Å²) in [6, 6.07) is 0. The summed E-state index contributed by atoms with van der Waals surface area (Å²) in [7, 11) is 0. The number of nitrogens with zero attached hydrogens (tertiary/aromatic N) is 1. The van der Waals surface area contributed by atoms with Crippen LogP contribution >= 0.6 is 0 Å². The van der Waals surface area contributed by atoms with Gasteiger partial charge in [-0.3, -0.25) is 4.79 Å². The van der Waals surface area contributed by atoms with E-state index in [4.69, 9.17) is 0 Å². The summed E-state index contributed by atoms with van der Waals surface area (Å²) < 4.78 is 0. The molecule has 1 atom stereocenters. The third-order valence-electron chi connectivity index (χ3n) is 4.57. The highest BCUT2D eigenvalue weighted by molar-refractivity contribution is 5.76. The predicted octanol–water partition coefficient (Wildman–Crippen LogP) is 3.44. The molecule has 1 unspecified atom stereocenters. The highest BCUT2D eigenvalue weighted by Crippen LogP contribution is 2.13. The lowest BCUT2D eigenvalue weighted by molar-refractivity contribution is -0.122. The summed E-state index contributed by atoms with van der Waals surface area (Å²) in [5.41, 5.74) is 0. The Morgan fingerprint density at radius 1 is 1.05 bits per heavy atom. The molecule has 1 saturated heterocycles. The van der Waals surface area contributed by atoms with Crippen molar-refractivity contribution in [2.45, 2.75) is 65.7 Å². The molecular formula is C17H34N2O. The van der Waals surface area contributed by atoms with Gasteiger partial charge in [0.1, 0.15) is 0 Å². The average Bonchev–Trinajstić information content (AvgIpc) is 2.43. The van der Waals surface area contributed by atoms with E-state index in [0.717, 1.165) is 13.0 Å². The molecule has 1 rings (SSSR count). The van der Waals surface area contributed by atoms with Crippen LogP contribution in [0.4, 0.5) is 0 Å². The van der Waals surface area contributed by atoms with Gasteiger partial charge in [-0.15, -0.1) is 0 Å². The molecule has 1 heterocycles. The topological polar surface area (TPSA) is 32.3 Å². The molecular weight excluding hydrogens is 248 g/mol.